The van der Waals surface area contributed by atoms with Gasteiger partial charge in [0.25, 0.3) is 5.91 Å². The lowest BCUT2D eigenvalue weighted by molar-refractivity contribution is -0.138. The fraction of sp³-hybridized carbons (Fsp3) is 0.400. The number of carbonyl (C=O) groups excluding carboxylic acids is 1. The normalized spacial score (nSPS) is 12.3. The molecule has 1 unspecified atom stereocenters. The van der Waals surface area contributed by atoms with Crippen molar-refractivity contribution in [3.8, 4) is 11.8 Å². The number of rotatable bonds is 3. The summed E-state index contributed by atoms with van der Waals surface area (Å²) in [7, 11) is 0. The van der Waals surface area contributed by atoms with Crippen LogP contribution >= 0.6 is 0 Å². The second-order valence-corrected chi connectivity index (χ2v) is 4.68. The maximum Gasteiger partial charge on any atom is 0.391 e. The van der Waals surface area contributed by atoms with E-state index in [1.165, 1.54) is 19.1 Å². The second-order valence-electron chi connectivity index (χ2n) is 4.68. The molecular formula is C15H16F3NO2. The molecule has 1 aromatic rings. The minimum absolute atomic E-state index is 0.233. The topological polar surface area (TPSA) is 49.3 Å². The number of aliphatic hydroxyl groups excluding tert-OH is 1. The van der Waals surface area contributed by atoms with E-state index in [9.17, 15) is 18.0 Å². The quantitative estimate of drug-likeness (QED) is 0.842. The van der Waals surface area contributed by atoms with E-state index in [1.54, 1.807) is 13.0 Å². The Morgan fingerprint density at radius 2 is 2.10 bits per heavy atom. The van der Waals surface area contributed by atoms with Crippen molar-refractivity contribution in [2.24, 2.45) is 0 Å². The van der Waals surface area contributed by atoms with Gasteiger partial charge in [-0.3, -0.25) is 4.79 Å². The van der Waals surface area contributed by atoms with Crippen molar-refractivity contribution in [2.45, 2.75) is 32.5 Å². The van der Waals surface area contributed by atoms with Crippen molar-refractivity contribution in [1.82, 2.24) is 5.32 Å². The van der Waals surface area contributed by atoms with E-state index in [0.29, 0.717) is 5.56 Å². The molecule has 0 aliphatic carbocycles. The molecule has 6 heteroatoms. The molecule has 3 nitrogen and oxygen atoms in total. The van der Waals surface area contributed by atoms with Crippen LogP contribution in [0.2, 0.25) is 0 Å². The van der Waals surface area contributed by atoms with E-state index in [4.69, 9.17) is 5.11 Å². The zero-order chi connectivity index (χ0) is 16.0. The molecule has 0 spiro atoms. The van der Waals surface area contributed by atoms with Crippen LogP contribution < -0.4 is 5.32 Å². The monoisotopic (exact) mass is 299 g/mol. The molecule has 0 heterocycles. The minimum Gasteiger partial charge on any atom is -0.384 e. The predicted molar refractivity (Wildman–Crippen MR) is 72.7 cm³/mol. The van der Waals surface area contributed by atoms with Crippen LogP contribution in [-0.4, -0.2) is 29.8 Å². The first kappa shape index (κ1) is 17.1. The fourth-order valence-electron chi connectivity index (χ4n) is 1.74. The van der Waals surface area contributed by atoms with Crippen molar-refractivity contribution >= 4 is 5.91 Å². The molecule has 0 aliphatic rings. The molecule has 0 aliphatic heterocycles. The van der Waals surface area contributed by atoms with E-state index >= 15 is 0 Å². The average Bonchev–Trinajstić information content (AvgIpc) is 2.35. The van der Waals surface area contributed by atoms with E-state index < -0.39 is 24.5 Å². The number of alkyl halides is 3. The Labute approximate surface area is 121 Å². The van der Waals surface area contributed by atoms with Crippen molar-refractivity contribution in [1.29, 1.82) is 0 Å². The number of aliphatic hydroxyl groups is 1. The molecule has 1 rings (SSSR count). The Hall–Kier alpha value is -2.00. The lowest BCUT2D eigenvalue weighted by Crippen LogP contribution is -2.35. The van der Waals surface area contributed by atoms with Crippen LogP contribution in [0.3, 0.4) is 0 Å². The Morgan fingerprint density at radius 1 is 1.43 bits per heavy atom. The molecule has 0 saturated carbocycles. The molecule has 0 fully saturated rings. The largest absolute Gasteiger partial charge is 0.391 e. The third-order valence-electron chi connectivity index (χ3n) is 2.72. The zero-order valence-electron chi connectivity index (χ0n) is 11.7. The standard InChI is InChI=1S/C15H16F3NO2/c1-10-5-6-13(8-12(10)4-3-7-20)14(21)19-11(2)9-15(16,17)18/h5-6,8,11,20H,7,9H2,1-2H3,(H,19,21). The summed E-state index contributed by atoms with van der Waals surface area (Å²) in [5.41, 5.74) is 1.60. The van der Waals surface area contributed by atoms with Crippen LogP contribution in [0.4, 0.5) is 13.2 Å². The summed E-state index contributed by atoms with van der Waals surface area (Å²) in [6.07, 6.45) is -5.40. The number of benzene rings is 1. The van der Waals surface area contributed by atoms with Crippen LogP contribution in [0.5, 0.6) is 0 Å². The van der Waals surface area contributed by atoms with E-state index in [0.717, 1.165) is 5.56 Å². The molecule has 0 radical (unpaired) electrons. The summed E-state index contributed by atoms with van der Waals surface area (Å²) in [5.74, 6) is 4.57. The highest BCUT2D eigenvalue weighted by molar-refractivity contribution is 5.94. The van der Waals surface area contributed by atoms with Gasteiger partial charge in [-0.2, -0.15) is 13.2 Å². The van der Waals surface area contributed by atoms with Crippen LogP contribution in [-0.2, 0) is 0 Å². The van der Waals surface area contributed by atoms with Gasteiger partial charge in [-0.1, -0.05) is 17.9 Å². The first-order chi connectivity index (χ1) is 9.73. The first-order valence-electron chi connectivity index (χ1n) is 6.31. The third-order valence-corrected chi connectivity index (χ3v) is 2.72. The first-order valence-corrected chi connectivity index (χ1v) is 6.31. The van der Waals surface area contributed by atoms with Gasteiger partial charge in [0.15, 0.2) is 0 Å². The summed E-state index contributed by atoms with van der Waals surface area (Å²) >= 11 is 0. The number of halogens is 3. The SMILES string of the molecule is Cc1ccc(C(=O)NC(C)CC(F)(F)F)cc1C#CCO. The fourth-order valence-corrected chi connectivity index (χ4v) is 1.74. The van der Waals surface area contributed by atoms with E-state index in [2.05, 4.69) is 17.2 Å². The smallest absolute Gasteiger partial charge is 0.384 e. The highest BCUT2D eigenvalue weighted by atomic mass is 19.4. The number of aryl methyl sites for hydroxylation is 1. The molecule has 0 saturated heterocycles. The van der Waals surface area contributed by atoms with Crippen LogP contribution in [0.25, 0.3) is 0 Å². The number of amides is 1. The van der Waals surface area contributed by atoms with Crippen molar-refractivity contribution in [3.63, 3.8) is 0 Å². The summed E-state index contributed by atoms with van der Waals surface area (Å²) in [6, 6.07) is 3.67. The number of carbonyl (C=O) groups is 1. The molecular weight excluding hydrogens is 283 g/mol. The zero-order valence-corrected chi connectivity index (χ0v) is 11.7. The van der Waals surface area contributed by atoms with E-state index in [-0.39, 0.29) is 12.2 Å². The van der Waals surface area contributed by atoms with Crippen molar-refractivity contribution in [3.05, 3.63) is 34.9 Å². The van der Waals surface area contributed by atoms with Gasteiger partial charge in [0.1, 0.15) is 6.61 Å². The highest BCUT2D eigenvalue weighted by Crippen LogP contribution is 2.21. The molecule has 1 amide bonds. The number of nitrogens with one attached hydrogen (secondary N) is 1. The van der Waals surface area contributed by atoms with Crippen molar-refractivity contribution in [2.75, 3.05) is 6.61 Å². The highest BCUT2D eigenvalue weighted by Gasteiger charge is 2.30. The maximum absolute atomic E-state index is 12.2. The molecule has 21 heavy (non-hydrogen) atoms. The van der Waals surface area contributed by atoms with Gasteiger partial charge in [0.05, 0.1) is 6.42 Å². The van der Waals surface area contributed by atoms with Gasteiger partial charge < -0.3 is 10.4 Å². The van der Waals surface area contributed by atoms with Gasteiger partial charge >= 0.3 is 6.18 Å². The van der Waals surface area contributed by atoms with Crippen LogP contribution in [0.1, 0.15) is 34.8 Å². The lowest BCUT2D eigenvalue weighted by Gasteiger charge is -2.16. The van der Waals surface area contributed by atoms with Gasteiger partial charge in [-0.15, -0.1) is 0 Å². The Morgan fingerprint density at radius 3 is 2.67 bits per heavy atom. The lowest BCUT2D eigenvalue weighted by atomic mass is 10.0. The maximum atomic E-state index is 12.2. The summed E-state index contributed by atoms with van der Waals surface area (Å²) in [4.78, 5) is 11.9. The Kier molecular flexibility index (Phi) is 5.79. The molecule has 0 bridgehead atoms. The van der Waals surface area contributed by atoms with Crippen LogP contribution in [0.15, 0.2) is 18.2 Å². The molecule has 0 aromatic heterocycles. The summed E-state index contributed by atoms with van der Waals surface area (Å²) in [6.45, 7) is 2.78. The predicted octanol–water partition coefficient (Wildman–Crippen LogP) is 2.41. The second kappa shape index (κ2) is 7.14. The molecule has 1 aromatic carbocycles. The molecule has 2 N–H and O–H groups in total. The van der Waals surface area contributed by atoms with Gasteiger partial charge in [-0.25, -0.2) is 0 Å². The molecule has 114 valence electrons. The number of hydrogen-bond donors (Lipinski definition) is 2. The van der Waals surface area contributed by atoms with Gasteiger partial charge in [-0.05, 0) is 31.5 Å². The Balaban J connectivity index is 2.83. The Bertz CT molecular complexity index is 571. The van der Waals surface area contributed by atoms with E-state index in [1.807, 2.05) is 0 Å². The third kappa shape index (κ3) is 5.88. The summed E-state index contributed by atoms with van der Waals surface area (Å²) in [5, 5.41) is 11.0. The number of hydrogen-bond acceptors (Lipinski definition) is 2. The van der Waals surface area contributed by atoms with Crippen molar-refractivity contribution < 1.29 is 23.1 Å². The minimum atomic E-state index is -4.32. The molecule has 1 atom stereocenters. The summed E-state index contributed by atoms with van der Waals surface area (Å²) < 4.78 is 36.7. The van der Waals surface area contributed by atoms with Crippen LogP contribution in [0, 0.1) is 18.8 Å². The van der Waals surface area contributed by atoms with Gasteiger partial charge in [0.2, 0.25) is 0 Å². The van der Waals surface area contributed by atoms with Gasteiger partial charge in [0, 0.05) is 17.2 Å². The average molecular weight is 299 g/mol.